The molecule has 1 aliphatic rings. The summed E-state index contributed by atoms with van der Waals surface area (Å²) >= 11 is 12.5. The summed E-state index contributed by atoms with van der Waals surface area (Å²) in [6, 6.07) is 1.79. The third kappa shape index (κ3) is 3.70. The maximum Gasteiger partial charge on any atom is 0.149 e. The molecule has 1 aliphatic heterocycles. The van der Waals surface area contributed by atoms with E-state index in [1.165, 1.54) is 0 Å². The highest BCUT2D eigenvalue weighted by molar-refractivity contribution is 6.37. The molecule has 1 fully saturated rings. The Hall–Kier alpha value is -0.670. The van der Waals surface area contributed by atoms with E-state index in [0.29, 0.717) is 15.5 Å². The first-order valence-electron chi connectivity index (χ1n) is 7.28. The first-order chi connectivity index (χ1) is 9.43. The molecular weight excluding hydrogens is 293 g/mol. The van der Waals surface area contributed by atoms with Crippen molar-refractivity contribution in [1.29, 1.82) is 0 Å². The topological polar surface area (TPSA) is 28.2 Å². The molecule has 2 heterocycles. The van der Waals surface area contributed by atoms with Crippen LogP contribution in [0.15, 0.2) is 6.07 Å². The lowest BCUT2D eigenvalue weighted by atomic mass is 9.83. The maximum absolute atomic E-state index is 6.32. The van der Waals surface area contributed by atoms with Crippen LogP contribution in [0.4, 0.5) is 11.6 Å². The third-order valence-corrected chi connectivity index (χ3v) is 4.44. The van der Waals surface area contributed by atoms with Crippen molar-refractivity contribution in [3.63, 3.8) is 0 Å². The van der Waals surface area contributed by atoms with Gasteiger partial charge in [0, 0.05) is 19.6 Å². The van der Waals surface area contributed by atoms with Crippen LogP contribution in [-0.4, -0.2) is 24.6 Å². The zero-order valence-corrected chi connectivity index (χ0v) is 14.0. The predicted molar refractivity (Wildman–Crippen MR) is 88.3 cm³/mol. The van der Waals surface area contributed by atoms with E-state index in [1.54, 1.807) is 6.07 Å². The van der Waals surface area contributed by atoms with Crippen LogP contribution in [0, 0.1) is 5.41 Å². The van der Waals surface area contributed by atoms with Gasteiger partial charge in [0.25, 0.3) is 0 Å². The van der Waals surface area contributed by atoms with E-state index in [2.05, 4.69) is 36.0 Å². The van der Waals surface area contributed by atoms with Crippen molar-refractivity contribution in [1.82, 2.24) is 4.98 Å². The molecule has 0 spiro atoms. The van der Waals surface area contributed by atoms with Gasteiger partial charge in [-0.15, -0.1) is 0 Å². The summed E-state index contributed by atoms with van der Waals surface area (Å²) in [7, 11) is 0. The lowest BCUT2D eigenvalue weighted by Gasteiger charge is -2.38. The van der Waals surface area contributed by atoms with Crippen LogP contribution in [0.25, 0.3) is 0 Å². The molecule has 1 saturated heterocycles. The standard InChI is InChI=1S/C15H23Cl2N3/c1-4-7-18-13-11(16)10-12(17)14(19-13)20-8-5-15(2,3)6-9-20/h10H,4-9H2,1-3H3,(H,18,19). The lowest BCUT2D eigenvalue weighted by Crippen LogP contribution is -2.38. The summed E-state index contributed by atoms with van der Waals surface area (Å²) in [5.74, 6) is 1.59. The van der Waals surface area contributed by atoms with E-state index in [1.807, 2.05) is 0 Å². The molecule has 1 aromatic heterocycles. The van der Waals surface area contributed by atoms with Gasteiger partial charge in [-0.25, -0.2) is 4.98 Å². The average molecular weight is 316 g/mol. The van der Waals surface area contributed by atoms with Crippen LogP contribution in [-0.2, 0) is 0 Å². The lowest BCUT2D eigenvalue weighted by molar-refractivity contribution is 0.279. The fourth-order valence-corrected chi connectivity index (χ4v) is 2.91. The molecule has 1 aromatic rings. The van der Waals surface area contributed by atoms with E-state index in [-0.39, 0.29) is 0 Å². The van der Waals surface area contributed by atoms with Gasteiger partial charge in [0.15, 0.2) is 0 Å². The van der Waals surface area contributed by atoms with Crippen molar-refractivity contribution in [2.24, 2.45) is 5.41 Å². The number of halogens is 2. The summed E-state index contributed by atoms with van der Waals surface area (Å²) in [5.41, 5.74) is 0.415. The zero-order valence-electron chi connectivity index (χ0n) is 12.5. The SMILES string of the molecule is CCCNc1nc(N2CCC(C)(C)CC2)c(Cl)cc1Cl. The summed E-state index contributed by atoms with van der Waals surface area (Å²) in [4.78, 5) is 6.90. The summed E-state index contributed by atoms with van der Waals surface area (Å²) in [6.45, 7) is 9.60. The molecule has 0 aliphatic carbocycles. The average Bonchev–Trinajstić information content (AvgIpc) is 2.38. The van der Waals surface area contributed by atoms with Gasteiger partial charge in [-0.3, -0.25) is 0 Å². The molecule has 0 unspecified atom stereocenters. The summed E-state index contributed by atoms with van der Waals surface area (Å²) in [5, 5.41) is 4.48. The molecule has 0 atom stereocenters. The van der Waals surface area contributed by atoms with Crippen molar-refractivity contribution < 1.29 is 0 Å². The predicted octanol–water partition coefficient (Wildman–Crippen LogP) is 4.84. The number of anilines is 2. The molecule has 0 saturated carbocycles. The first-order valence-corrected chi connectivity index (χ1v) is 8.03. The molecule has 1 N–H and O–H groups in total. The van der Waals surface area contributed by atoms with Crippen molar-refractivity contribution in [2.75, 3.05) is 29.9 Å². The van der Waals surface area contributed by atoms with E-state index in [0.717, 1.165) is 50.5 Å². The van der Waals surface area contributed by atoms with Crippen LogP contribution in [0.5, 0.6) is 0 Å². The zero-order chi connectivity index (χ0) is 14.8. The van der Waals surface area contributed by atoms with Gasteiger partial charge in [-0.05, 0) is 30.7 Å². The van der Waals surface area contributed by atoms with Crippen LogP contribution >= 0.6 is 23.2 Å². The van der Waals surface area contributed by atoms with Crippen molar-refractivity contribution in [2.45, 2.75) is 40.0 Å². The Morgan fingerprint density at radius 1 is 1.25 bits per heavy atom. The molecule has 0 amide bonds. The molecule has 3 nitrogen and oxygen atoms in total. The number of aromatic nitrogens is 1. The Bertz CT molecular complexity index is 464. The Balaban J connectivity index is 2.19. The van der Waals surface area contributed by atoms with Crippen LogP contribution < -0.4 is 10.2 Å². The smallest absolute Gasteiger partial charge is 0.149 e. The second kappa shape index (κ2) is 6.40. The van der Waals surface area contributed by atoms with E-state index in [4.69, 9.17) is 23.2 Å². The van der Waals surface area contributed by atoms with E-state index >= 15 is 0 Å². The van der Waals surface area contributed by atoms with Crippen LogP contribution in [0.3, 0.4) is 0 Å². The van der Waals surface area contributed by atoms with Gasteiger partial charge in [0.1, 0.15) is 11.6 Å². The largest absolute Gasteiger partial charge is 0.369 e. The van der Waals surface area contributed by atoms with Gasteiger partial charge < -0.3 is 10.2 Å². The van der Waals surface area contributed by atoms with Crippen molar-refractivity contribution >= 4 is 34.8 Å². The number of hydrogen-bond acceptors (Lipinski definition) is 3. The number of nitrogens with zero attached hydrogens (tertiary/aromatic N) is 2. The molecule has 5 heteroatoms. The Morgan fingerprint density at radius 2 is 1.90 bits per heavy atom. The van der Waals surface area contributed by atoms with Crippen LogP contribution in [0.2, 0.25) is 10.0 Å². The first kappa shape index (κ1) is 15.7. The fraction of sp³-hybridized carbons (Fsp3) is 0.667. The minimum atomic E-state index is 0.415. The number of piperidine rings is 1. The monoisotopic (exact) mass is 315 g/mol. The Morgan fingerprint density at radius 3 is 2.50 bits per heavy atom. The summed E-state index contributed by atoms with van der Waals surface area (Å²) < 4.78 is 0. The second-order valence-corrected chi connectivity index (χ2v) is 7.02. The van der Waals surface area contributed by atoms with Gasteiger partial charge in [-0.1, -0.05) is 44.0 Å². The van der Waals surface area contributed by atoms with Gasteiger partial charge in [0.2, 0.25) is 0 Å². The molecule has 0 radical (unpaired) electrons. The molecule has 20 heavy (non-hydrogen) atoms. The van der Waals surface area contributed by atoms with Gasteiger partial charge in [0.05, 0.1) is 10.0 Å². The van der Waals surface area contributed by atoms with E-state index < -0.39 is 0 Å². The third-order valence-electron chi connectivity index (χ3n) is 3.87. The second-order valence-electron chi connectivity index (χ2n) is 6.20. The van der Waals surface area contributed by atoms with Gasteiger partial charge in [-0.2, -0.15) is 0 Å². The molecule has 2 rings (SSSR count). The highest BCUT2D eigenvalue weighted by Gasteiger charge is 2.27. The van der Waals surface area contributed by atoms with E-state index in [9.17, 15) is 0 Å². The number of hydrogen-bond donors (Lipinski definition) is 1. The molecule has 0 aromatic carbocycles. The minimum absolute atomic E-state index is 0.415. The van der Waals surface area contributed by atoms with Crippen molar-refractivity contribution in [3.8, 4) is 0 Å². The number of nitrogens with one attached hydrogen (secondary N) is 1. The quantitative estimate of drug-likeness (QED) is 0.862. The Labute approximate surface area is 131 Å². The summed E-state index contributed by atoms with van der Waals surface area (Å²) in [6.07, 6.45) is 3.35. The van der Waals surface area contributed by atoms with Crippen LogP contribution in [0.1, 0.15) is 40.0 Å². The molecule has 112 valence electrons. The highest BCUT2D eigenvalue weighted by Crippen LogP contribution is 2.36. The highest BCUT2D eigenvalue weighted by atomic mass is 35.5. The Kier molecular flexibility index (Phi) is 5.03. The molecule has 0 bridgehead atoms. The maximum atomic E-state index is 6.32. The molecular formula is C15H23Cl2N3. The van der Waals surface area contributed by atoms with Crippen molar-refractivity contribution in [3.05, 3.63) is 16.1 Å². The van der Waals surface area contributed by atoms with Gasteiger partial charge >= 0.3 is 0 Å². The number of rotatable bonds is 4. The normalized spacial score (nSPS) is 18.1. The number of pyridine rings is 1. The fourth-order valence-electron chi connectivity index (χ4n) is 2.37. The minimum Gasteiger partial charge on any atom is -0.369 e.